The summed E-state index contributed by atoms with van der Waals surface area (Å²) < 4.78 is 7.32. The lowest BCUT2D eigenvalue weighted by Gasteiger charge is -2.06. The zero-order chi connectivity index (χ0) is 14.4. The van der Waals surface area contributed by atoms with Crippen LogP contribution in [-0.2, 0) is 7.05 Å². The first-order valence-corrected chi connectivity index (χ1v) is 7.21. The van der Waals surface area contributed by atoms with Gasteiger partial charge < -0.3 is 9.84 Å². The van der Waals surface area contributed by atoms with Crippen molar-refractivity contribution < 1.29 is 14.6 Å². The van der Waals surface area contributed by atoms with Gasteiger partial charge in [-0.15, -0.1) is 11.8 Å². The molecule has 0 atom stereocenters. The van der Waals surface area contributed by atoms with E-state index in [1.54, 1.807) is 34.6 Å². The molecule has 0 aliphatic heterocycles. The summed E-state index contributed by atoms with van der Waals surface area (Å²) in [6.45, 7) is 0.566. The summed E-state index contributed by atoms with van der Waals surface area (Å²) in [6, 6.07) is 6.54. The van der Waals surface area contributed by atoms with Gasteiger partial charge in [-0.2, -0.15) is 5.10 Å². The van der Waals surface area contributed by atoms with E-state index in [9.17, 15) is 4.79 Å². The number of rotatable bonds is 7. The molecule has 0 amide bonds. The molecule has 0 aliphatic carbocycles. The summed E-state index contributed by atoms with van der Waals surface area (Å²) >= 11 is 1.73. The Morgan fingerprint density at radius 3 is 3.05 bits per heavy atom. The minimum atomic E-state index is -0.942. The fourth-order valence-corrected chi connectivity index (χ4v) is 2.48. The Balaban J connectivity index is 1.70. The Bertz CT molecular complexity index is 583. The van der Waals surface area contributed by atoms with Gasteiger partial charge in [0, 0.05) is 23.9 Å². The van der Waals surface area contributed by atoms with Gasteiger partial charge in [-0.3, -0.25) is 4.68 Å². The highest BCUT2D eigenvalue weighted by Gasteiger charge is 2.03. The Morgan fingerprint density at radius 1 is 1.50 bits per heavy atom. The van der Waals surface area contributed by atoms with Crippen LogP contribution in [0.4, 0.5) is 0 Å². The van der Waals surface area contributed by atoms with Crippen LogP contribution in [0.15, 0.2) is 41.6 Å². The first kappa shape index (κ1) is 14.5. The summed E-state index contributed by atoms with van der Waals surface area (Å²) in [4.78, 5) is 12.0. The van der Waals surface area contributed by atoms with E-state index in [1.165, 1.54) is 6.07 Å². The first-order valence-electron chi connectivity index (χ1n) is 6.23. The Morgan fingerprint density at radius 2 is 2.35 bits per heavy atom. The average molecular weight is 292 g/mol. The molecule has 2 rings (SSSR count). The molecule has 0 aliphatic rings. The molecule has 0 bridgehead atoms. The normalized spacial score (nSPS) is 10.4. The van der Waals surface area contributed by atoms with Gasteiger partial charge in [0.05, 0.1) is 18.4 Å². The topological polar surface area (TPSA) is 64.3 Å². The molecule has 0 radical (unpaired) electrons. The number of hydrogen-bond acceptors (Lipinski definition) is 4. The van der Waals surface area contributed by atoms with Crippen molar-refractivity contribution in [2.45, 2.75) is 11.3 Å². The molecule has 1 heterocycles. The molecule has 0 fully saturated rings. The number of carboxylic acid groups (broad SMARTS) is 1. The molecular formula is C14H16N2O3S. The minimum Gasteiger partial charge on any atom is -0.494 e. The molecule has 6 heteroatoms. The summed E-state index contributed by atoms with van der Waals surface area (Å²) in [7, 11) is 1.89. The van der Waals surface area contributed by atoms with E-state index < -0.39 is 5.97 Å². The van der Waals surface area contributed by atoms with Crippen molar-refractivity contribution >= 4 is 17.7 Å². The molecule has 2 aromatic rings. The number of carboxylic acids is 1. The average Bonchev–Trinajstić information content (AvgIpc) is 2.84. The van der Waals surface area contributed by atoms with E-state index in [4.69, 9.17) is 9.84 Å². The Hall–Kier alpha value is -1.95. The zero-order valence-electron chi connectivity index (χ0n) is 11.2. The zero-order valence-corrected chi connectivity index (χ0v) is 12.0. The molecule has 20 heavy (non-hydrogen) atoms. The van der Waals surface area contributed by atoms with Crippen LogP contribution in [0.2, 0.25) is 0 Å². The smallest absolute Gasteiger partial charge is 0.335 e. The third kappa shape index (κ3) is 4.31. The number of carbonyl (C=O) groups is 1. The molecule has 0 saturated carbocycles. The number of aryl methyl sites for hydroxylation is 1. The number of benzene rings is 1. The molecule has 0 unspecified atom stereocenters. The molecule has 0 spiro atoms. The third-order valence-corrected chi connectivity index (χ3v) is 3.63. The summed E-state index contributed by atoms with van der Waals surface area (Å²) in [5.41, 5.74) is 0.243. The van der Waals surface area contributed by atoms with Gasteiger partial charge in [-0.25, -0.2) is 4.79 Å². The van der Waals surface area contributed by atoms with Gasteiger partial charge in [0.25, 0.3) is 0 Å². The fraction of sp³-hybridized carbons (Fsp3) is 0.286. The van der Waals surface area contributed by atoms with Gasteiger partial charge in [0.15, 0.2) is 0 Å². The van der Waals surface area contributed by atoms with Crippen LogP contribution in [-0.4, -0.2) is 33.2 Å². The number of aromatic nitrogens is 2. The quantitative estimate of drug-likeness (QED) is 0.628. The lowest BCUT2D eigenvalue weighted by atomic mass is 10.2. The maximum atomic E-state index is 10.8. The van der Waals surface area contributed by atoms with E-state index in [0.717, 1.165) is 17.1 Å². The van der Waals surface area contributed by atoms with Crippen LogP contribution in [0.25, 0.3) is 0 Å². The Kier molecular flexibility index (Phi) is 5.06. The van der Waals surface area contributed by atoms with E-state index in [-0.39, 0.29) is 5.56 Å². The summed E-state index contributed by atoms with van der Waals surface area (Å²) in [6.07, 6.45) is 4.70. The van der Waals surface area contributed by atoms with E-state index >= 15 is 0 Å². The molecule has 106 valence electrons. The highest BCUT2D eigenvalue weighted by atomic mass is 32.2. The molecule has 1 aromatic carbocycles. The standard InChI is InChI=1S/C14H16N2O3S/c1-16-10-13(9-15-16)20-7-3-6-19-12-5-2-4-11(8-12)14(17)18/h2,4-5,8-10H,3,6-7H2,1H3,(H,17,18). The third-order valence-electron chi connectivity index (χ3n) is 2.59. The molecular weight excluding hydrogens is 276 g/mol. The van der Waals surface area contributed by atoms with Gasteiger partial charge in [0.1, 0.15) is 5.75 Å². The second-order valence-electron chi connectivity index (χ2n) is 4.23. The number of ether oxygens (including phenoxy) is 1. The SMILES string of the molecule is Cn1cc(SCCCOc2cccc(C(=O)O)c2)cn1. The maximum absolute atomic E-state index is 10.8. The van der Waals surface area contributed by atoms with Crippen LogP contribution in [0, 0.1) is 0 Å². The largest absolute Gasteiger partial charge is 0.494 e. The van der Waals surface area contributed by atoms with Crippen molar-refractivity contribution in [2.24, 2.45) is 7.05 Å². The van der Waals surface area contributed by atoms with Crippen LogP contribution >= 0.6 is 11.8 Å². The van der Waals surface area contributed by atoms with Gasteiger partial charge in [0.2, 0.25) is 0 Å². The lowest BCUT2D eigenvalue weighted by Crippen LogP contribution is -2.01. The Labute approximate surface area is 121 Å². The van der Waals surface area contributed by atoms with Crippen LogP contribution in [0.3, 0.4) is 0 Å². The van der Waals surface area contributed by atoms with E-state index in [0.29, 0.717) is 12.4 Å². The predicted octanol–water partition coefficient (Wildman–Crippen LogP) is 2.68. The van der Waals surface area contributed by atoms with Crippen LogP contribution in [0.5, 0.6) is 5.75 Å². The second kappa shape index (κ2) is 7.00. The molecule has 5 nitrogen and oxygen atoms in total. The molecule has 1 N–H and O–H groups in total. The second-order valence-corrected chi connectivity index (χ2v) is 5.40. The predicted molar refractivity (Wildman–Crippen MR) is 77.4 cm³/mol. The highest BCUT2D eigenvalue weighted by molar-refractivity contribution is 7.99. The van der Waals surface area contributed by atoms with Crippen molar-refractivity contribution in [1.29, 1.82) is 0 Å². The molecule has 0 saturated heterocycles. The summed E-state index contributed by atoms with van der Waals surface area (Å²) in [5, 5.41) is 13.0. The monoisotopic (exact) mass is 292 g/mol. The van der Waals surface area contributed by atoms with Crippen molar-refractivity contribution in [2.75, 3.05) is 12.4 Å². The minimum absolute atomic E-state index is 0.243. The van der Waals surface area contributed by atoms with Crippen LogP contribution in [0.1, 0.15) is 16.8 Å². The van der Waals surface area contributed by atoms with Gasteiger partial charge >= 0.3 is 5.97 Å². The fourth-order valence-electron chi connectivity index (χ4n) is 1.63. The maximum Gasteiger partial charge on any atom is 0.335 e. The van der Waals surface area contributed by atoms with E-state index in [2.05, 4.69) is 5.10 Å². The van der Waals surface area contributed by atoms with Gasteiger partial charge in [-0.1, -0.05) is 6.07 Å². The number of aromatic carboxylic acids is 1. The lowest BCUT2D eigenvalue weighted by molar-refractivity contribution is 0.0696. The first-order chi connectivity index (χ1) is 9.65. The van der Waals surface area contributed by atoms with Crippen molar-refractivity contribution in [3.8, 4) is 5.75 Å². The number of thioether (sulfide) groups is 1. The summed E-state index contributed by atoms with van der Waals surface area (Å²) in [5.74, 6) is 0.587. The highest BCUT2D eigenvalue weighted by Crippen LogP contribution is 2.18. The van der Waals surface area contributed by atoms with Crippen molar-refractivity contribution in [3.63, 3.8) is 0 Å². The van der Waals surface area contributed by atoms with Crippen molar-refractivity contribution in [1.82, 2.24) is 9.78 Å². The molecule has 1 aromatic heterocycles. The number of hydrogen-bond donors (Lipinski definition) is 1. The van der Waals surface area contributed by atoms with Crippen LogP contribution < -0.4 is 4.74 Å². The van der Waals surface area contributed by atoms with Gasteiger partial charge in [-0.05, 0) is 24.6 Å². The van der Waals surface area contributed by atoms with Crippen molar-refractivity contribution in [3.05, 3.63) is 42.2 Å². The van der Waals surface area contributed by atoms with E-state index in [1.807, 2.05) is 19.4 Å². The number of nitrogens with zero attached hydrogens (tertiary/aromatic N) is 2.